The third kappa shape index (κ3) is 3.08. The summed E-state index contributed by atoms with van der Waals surface area (Å²) in [4.78, 5) is 27.8. The summed E-state index contributed by atoms with van der Waals surface area (Å²) in [5, 5.41) is 9.34. The molecule has 28 heavy (non-hydrogen) atoms. The smallest absolute Gasteiger partial charge is 0.345 e. The van der Waals surface area contributed by atoms with E-state index in [1.54, 1.807) is 19.2 Å². The van der Waals surface area contributed by atoms with E-state index in [1.807, 2.05) is 24.0 Å². The van der Waals surface area contributed by atoms with Gasteiger partial charge in [0, 0.05) is 18.0 Å². The van der Waals surface area contributed by atoms with Crippen molar-refractivity contribution < 1.29 is 24.2 Å². The SMILES string of the molecule is COc1cccc(C)c1C(=O)N1CCC2(CC1)OCCc1cc(C(=O)O)sc12. The largest absolute Gasteiger partial charge is 0.496 e. The molecule has 1 amide bonds. The first-order valence-corrected chi connectivity index (χ1v) is 10.2. The van der Waals surface area contributed by atoms with Crippen molar-refractivity contribution in [2.24, 2.45) is 0 Å². The Bertz CT molecular complexity index is 927. The van der Waals surface area contributed by atoms with Crippen LogP contribution < -0.4 is 4.74 Å². The lowest BCUT2D eigenvalue weighted by atomic mass is 9.85. The minimum atomic E-state index is -0.895. The number of carbonyl (C=O) groups excluding carboxylic acids is 1. The van der Waals surface area contributed by atoms with Crippen molar-refractivity contribution in [2.45, 2.75) is 31.8 Å². The van der Waals surface area contributed by atoms with E-state index in [9.17, 15) is 14.7 Å². The number of thiophene rings is 1. The van der Waals surface area contributed by atoms with Crippen molar-refractivity contribution in [2.75, 3.05) is 26.8 Å². The van der Waals surface area contributed by atoms with Crippen LogP contribution in [0.3, 0.4) is 0 Å². The van der Waals surface area contributed by atoms with Crippen LogP contribution in [0.15, 0.2) is 24.3 Å². The number of ether oxygens (including phenoxy) is 2. The molecule has 1 aromatic heterocycles. The number of likely N-dealkylation sites (tertiary alicyclic amines) is 1. The van der Waals surface area contributed by atoms with Gasteiger partial charge in [-0.25, -0.2) is 4.79 Å². The van der Waals surface area contributed by atoms with Gasteiger partial charge < -0.3 is 19.5 Å². The summed E-state index contributed by atoms with van der Waals surface area (Å²) < 4.78 is 11.6. The summed E-state index contributed by atoms with van der Waals surface area (Å²) in [5.74, 6) is -0.335. The van der Waals surface area contributed by atoms with Gasteiger partial charge in [0.1, 0.15) is 16.2 Å². The number of methoxy groups -OCH3 is 1. The zero-order valence-electron chi connectivity index (χ0n) is 16.0. The lowest BCUT2D eigenvalue weighted by Gasteiger charge is -2.43. The topological polar surface area (TPSA) is 76.1 Å². The Hall–Kier alpha value is -2.38. The average molecular weight is 401 g/mol. The monoisotopic (exact) mass is 401 g/mol. The molecule has 1 fully saturated rings. The van der Waals surface area contributed by atoms with Crippen LogP contribution in [0.4, 0.5) is 0 Å². The van der Waals surface area contributed by atoms with Crippen molar-refractivity contribution in [3.05, 3.63) is 50.7 Å². The molecular weight excluding hydrogens is 378 g/mol. The summed E-state index contributed by atoms with van der Waals surface area (Å²) >= 11 is 1.32. The van der Waals surface area contributed by atoms with Crippen LogP contribution in [0.25, 0.3) is 0 Å². The van der Waals surface area contributed by atoms with Crippen molar-refractivity contribution >= 4 is 23.2 Å². The maximum absolute atomic E-state index is 13.1. The third-order valence-corrected chi connectivity index (χ3v) is 7.06. The highest BCUT2D eigenvalue weighted by Gasteiger charge is 2.44. The normalized spacial score (nSPS) is 18.0. The molecule has 1 N–H and O–H groups in total. The number of rotatable bonds is 3. The number of fused-ring (bicyclic) bond motifs is 2. The second-order valence-electron chi connectivity index (χ2n) is 7.31. The molecule has 1 spiro atoms. The average Bonchev–Trinajstić information content (AvgIpc) is 3.14. The van der Waals surface area contributed by atoms with Gasteiger partial charge in [-0.3, -0.25) is 4.79 Å². The second-order valence-corrected chi connectivity index (χ2v) is 8.36. The molecule has 0 saturated carbocycles. The fraction of sp³-hybridized carbons (Fsp3) is 0.429. The molecule has 4 rings (SSSR count). The molecule has 3 heterocycles. The molecule has 6 nitrogen and oxygen atoms in total. The van der Waals surface area contributed by atoms with Crippen LogP contribution in [0.2, 0.25) is 0 Å². The number of hydrogen-bond acceptors (Lipinski definition) is 5. The maximum Gasteiger partial charge on any atom is 0.345 e. The van der Waals surface area contributed by atoms with Crippen LogP contribution >= 0.6 is 11.3 Å². The molecular formula is C21H23NO5S. The maximum atomic E-state index is 13.1. The molecule has 0 bridgehead atoms. The number of aryl methyl sites for hydroxylation is 1. The molecule has 2 aliphatic rings. The van der Waals surface area contributed by atoms with E-state index in [2.05, 4.69) is 0 Å². The standard InChI is InChI=1S/C21H23NO5S/c1-13-4-3-5-15(26-2)17(13)19(23)22-9-7-21(8-10-22)18-14(6-11-27-21)12-16(28-18)20(24)25/h3-5,12H,6-11H2,1-2H3,(H,24,25). The quantitative estimate of drug-likeness (QED) is 0.852. The summed E-state index contributed by atoms with van der Waals surface area (Å²) in [7, 11) is 1.57. The highest BCUT2D eigenvalue weighted by molar-refractivity contribution is 7.14. The number of benzene rings is 1. The van der Waals surface area contributed by atoms with Crippen molar-refractivity contribution in [1.29, 1.82) is 0 Å². The van der Waals surface area contributed by atoms with Crippen LogP contribution in [0.5, 0.6) is 5.75 Å². The van der Waals surface area contributed by atoms with Gasteiger partial charge in [-0.1, -0.05) is 12.1 Å². The first-order chi connectivity index (χ1) is 13.4. The second kappa shape index (κ2) is 7.22. The number of amides is 1. The zero-order chi connectivity index (χ0) is 19.9. The van der Waals surface area contributed by atoms with E-state index in [0.29, 0.717) is 48.7 Å². The van der Waals surface area contributed by atoms with Crippen molar-refractivity contribution in [3.8, 4) is 5.75 Å². The van der Waals surface area contributed by atoms with Gasteiger partial charge in [-0.15, -0.1) is 11.3 Å². The van der Waals surface area contributed by atoms with Crippen LogP contribution in [-0.2, 0) is 16.8 Å². The molecule has 0 aliphatic carbocycles. The lowest BCUT2D eigenvalue weighted by Crippen LogP contribution is -2.48. The molecule has 148 valence electrons. The molecule has 7 heteroatoms. The number of piperidine rings is 1. The van der Waals surface area contributed by atoms with Crippen LogP contribution in [-0.4, -0.2) is 48.7 Å². The minimum Gasteiger partial charge on any atom is -0.496 e. The number of carboxylic acids is 1. The Labute approximate surface area is 167 Å². The van der Waals surface area contributed by atoms with Gasteiger partial charge in [0.25, 0.3) is 5.91 Å². The molecule has 0 radical (unpaired) electrons. The Kier molecular flexibility index (Phi) is 4.89. The van der Waals surface area contributed by atoms with Gasteiger partial charge >= 0.3 is 5.97 Å². The number of aromatic carboxylic acids is 1. The van der Waals surface area contributed by atoms with Crippen molar-refractivity contribution in [1.82, 2.24) is 4.90 Å². The summed E-state index contributed by atoms with van der Waals surface area (Å²) in [6.07, 6.45) is 2.07. The molecule has 0 atom stereocenters. The molecule has 2 aliphatic heterocycles. The lowest BCUT2D eigenvalue weighted by molar-refractivity contribution is -0.0906. The predicted molar refractivity (Wildman–Crippen MR) is 105 cm³/mol. The van der Waals surface area contributed by atoms with Crippen molar-refractivity contribution in [3.63, 3.8) is 0 Å². The van der Waals surface area contributed by atoms with E-state index >= 15 is 0 Å². The molecule has 0 unspecified atom stereocenters. The van der Waals surface area contributed by atoms with E-state index in [-0.39, 0.29) is 5.91 Å². The van der Waals surface area contributed by atoms with Gasteiger partial charge in [-0.05, 0) is 49.4 Å². The van der Waals surface area contributed by atoms with Gasteiger partial charge in [0.2, 0.25) is 0 Å². The van der Waals surface area contributed by atoms with E-state index in [1.165, 1.54) is 11.3 Å². The Morgan fingerprint density at radius 2 is 2.04 bits per heavy atom. The van der Waals surface area contributed by atoms with E-state index in [0.717, 1.165) is 22.4 Å². The summed E-state index contributed by atoms with van der Waals surface area (Å²) in [5.41, 5.74) is 2.10. The third-order valence-electron chi connectivity index (χ3n) is 5.71. The van der Waals surface area contributed by atoms with Crippen LogP contribution in [0.1, 0.15) is 48.9 Å². The number of hydrogen-bond donors (Lipinski definition) is 1. The minimum absolute atomic E-state index is 0.0294. The summed E-state index contributed by atoms with van der Waals surface area (Å²) in [6, 6.07) is 7.38. The molecule has 1 aromatic carbocycles. The van der Waals surface area contributed by atoms with E-state index < -0.39 is 11.6 Å². The fourth-order valence-electron chi connectivity index (χ4n) is 4.21. The number of carbonyl (C=O) groups is 2. The Morgan fingerprint density at radius 3 is 2.71 bits per heavy atom. The fourth-order valence-corrected chi connectivity index (χ4v) is 5.46. The van der Waals surface area contributed by atoms with Gasteiger partial charge in [0.05, 0.1) is 19.3 Å². The molecule has 2 aromatic rings. The first-order valence-electron chi connectivity index (χ1n) is 9.38. The number of carboxylic acid groups (broad SMARTS) is 1. The van der Waals surface area contributed by atoms with Crippen LogP contribution in [0, 0.1) is 6.92 Å². The summed E-state index contributed by atoms with van der Waals surface area (Å²) in [6.45, 7) is 3.63. The molecule has 1 saturated heterocycles. The Balaban J connectivity index is 1.56. The predicted octanol–water partition coefficient (Wildman–Crippen LogP) is 3.47. The van der Waals surface area contributed by atoms with Gasteiger partial charge in [-0.2, -0.15) is 0 Å². The van der Waals surface area contributed by atoms with E-state index in [4.69, 9.17) is 9.47 Å². The first kappa shape index (κ1) is 19.0. The van der Waals surface area contributed by atoms with Gasteiger partial charge in [0.15, 0.2) is 0 Å². The zero-order valence-corrected chi connectivity index (χ0v) is 16.8. The highest BCUT2D eigenvalue weighted by Crippen LogP contribution is 2.45. The highest BCUT2D eigenvalue weighted by atomic mass is 32.1. The number of nitrogens with zero attached hydrogens (tertiary/aromatic N) is 1. The Morgan fingerprint density at radius 1 is 1.29 bits per heavy atom.